The maximum absolute atomic E-state index is 13.3. The molecule has 22 heavy (non-hydrogen) atoms. The first kappa shape index (κ1) is 15.0. The number of nitrogens with one attached hydrogen (secondary N) is 1. The number of halogens is 5. The predicted molar refractivity (Wildman–Crippen MR) is 78.9 cm³/mol. The van der Waals surface area contributed by atoms with Gasteiger partial charge in [0.25, 0.3) is 5.56 Å². The van der Waals surface area contributed by atoms with Gasteiger partial charge in [0.15, 0.2) is 0 Å². The van der Waals surface area contributed by atoms with Crippen LogP contribution in [0.5, 0.6) is 0 Å². The molecular weight excluding hydrogens is 417 g/mol. The normalized spacial score (nSPS) is 12.0. The van der Waals surface area contributed by atoms with E-state index in [-0.39, 0.29) is 16.8 Å². The van der Waals surface area contributed by atoms with Crippen LogP contribution < -0.4 is 5.56 Å². The van der Waals surface area contributed by atoms with Crippen LogP contribution in [0.25, 0.3) is 16.8 Å². The first-order chi connectivity index (χ1) is 10.3. The van der Waals surface area contributed by atoms with E-state index in [1.54, 1.807) is 0 Å². The van der Waals surface area contributed by atoms with E-state index in [0.717, 1.165) is 6.07 Å². The Bertz CT molecular complexity index is 929. The van der Waals surface area contributed by atoms with Crippen LogP contribution >= 0.6 is 22.6 Å². The van der Waals surface area contributed by atoms with Crippen molar-refractivity contribution in [1.29, 1.82) is 0 Å². The Kier molecular flexibility index (Phi) is 3.46. The second kappa shape index (κ2) is 5.07. The second-order valence-corrected chi connectivity index (χ2v) is 5.59. The van der Waals surface area contributed by atoms with Crippen LogP contribution in [-0.4, -0.2) is 14.6 Å². The van der Waals surface area contributed by atoms with Crippen molar-refractivity contribution in [2.24, 2.45) is 0 Å². The summed E-state index contributed by atoms with van der Waals surface area (Å²) in [7, 11) is 0. The van der Waals surface area contributed by atoms with Crippen molar-refractivity contribution in [2.45, 2.75) is 6.18 Å². The average Bonchev–Trinajstić information content (AvgIpc) is 2.79. The highest BCUT2D eigenvalue weighted by atomic mass is 127. The van der Waals surface area contributed by atoms with Crippen LogP contribution in [0.3, 0.4) is 0 Å². The summed E-state index contributed by atoms with van der Waals surface area (Å²) in [6, 6.07) is 4.07. The Labute approximate surface area is 133 Å². The van der Waals surface area contributed by atoms with E-state index in [4.69, 9.17) is 0 Å². The number of alkyl halides is 3. The summed E-state index contributed by atoms with van der Waals surface area (Å²) in [5.74, 6) is -1.37. The van der Waals surface area contributed by atoms with Gasteiger partial charge in [-0.05, 0) is 40.8 Å². The number of rotatable bonds is 1. The van der Waals surface area contributed by atoms with Crippen LogP contribution in [0.1, 0.15) is 5.56 Å². The third-order valence-electron chi connectivity index (χ3n) is 3.02. The highest BCUT2D eigenvalue weighted by Gasteiger charge is 2.34. The fourth-order valence-corrected chi connectivity index (χ4v) is 2.56. The van der Waals surface area contributed by atoms with Crippen molar-refractivity contribution in [3.8, 4) is 11.3 Å². The zero-order valence-electron chi connectivity index (χ0n) is 10.6. The van der Waals surface area contributed by atoms with E-state index >= 15 is 0 Å². The highest BCUT2D eigenvalue weighted by molar-refractivity contribution is 14.1. The molecule has 4 nitrogen and oxygen atoms in total. The number of nitrogens with zero attached hydrogens (tertiary/aromatic N) is 2. The molecule has 0 unspecified atom stereocenters. The lowest BCUT2D eigenvalue weighted by molar-refractivity contribution is -0.139. The zero-order valence-corrected chi connectivity index (χ0v) is 12.7. The van der Waals surface area contributed by atoms with Gasteiger partial charge in [0.05, 0.1) is 17.5 Å². The van der Waals surface area contributed by atoms with E-state index in [1.165, 1.54) is 16.8 Å². The van der Waals surface area contributed by atoms with Gasteiger partial charge in [-0.25, -0.2) is 8.91 Å². The molecule has 0 radical (unpaired) electrons. The fourth-order valence-electron chi connectivity index (χ4n) is 2.03. The van der Waals surface area contributed by atoms with Gasteiger partial charge in [-0.2, -0.15) is 18.3 Å². The quantitative estimate of drug-likeness (QED) is 0.482. The van der Waals surface area contributed by atoms with Crippen LogP contribution in [-0.2, 0) is 6.18 Å². The molecule has 0 aliphatic heterocycles. The van der Waals surface area contributed by atoms with Crippen LogP contribution in [0, 0.1) is 9.52 Å². The molecule has 3 aromatic rings. The van der Waals surface area contributed by atoms with Crippen LogP contribution in [0.2, 0.25) is 0 Å². The molecule has 114 valence electrons. The van der Waals surface area contributed by atoms with Gasteiger partial charge in [0, 0.05) is 11.6 Å². The summed E-state index contributed by atoms with van der Waals surface area (Å²) in [4.78, 5) is 14.4. The lowest BCUT2D eigenvalue weighted by Gasteiger charge is -2.10. The van der Waals surface area contributed by atoms with Gasteiger partial charge >= 0.3 is 6.18 Å². The minimum Gasteiger partial charge on any atom is -0.319 e. The summed E-state index contributed by atoms with van der Waals surface area (Å²) in [5.41, 5.74) is -1.46. The highest BCUT2D eigenvalue weighted by Crippen LogP contribution is 2.33. The van der Waals surface area contributed by atoms with E-state index in [2.05, 4.69) is 10.1 Å². The molecule has 1 N–H and O–H groups in total. The van der Waals surface area contributed by atoms with Crippen molar-refractivity contribution >= 4 is 28.1 Å². The molecule has 0 saturated carbocycles. The Hall–Kier alpha value is -1.91. The van der Waals surface area contributed by atoms with Crippen molar-refractivity contribution in [3.63, 3.8) is 0 Å². The summed E-state index contributed by atoms with van der Waals surface area (Å²) in [6.07, 6.45) is -3.43. The van der Waals surface area contributed by atoms with Gasteiger partial charge < -0.3 is 4.98 Å². The molecule has 0 amide bonds. The lowest BCUT2D eigenvalue weighted by atomic mass is 10.1. The Morgan fingerprint density at radius 2 is 1.95 bits per heavy atom. The van der Waals surface area contributed by atoms with Gasteiger partial charge in [-0.1, -0.05) is 0 Å². The Morgan fingerprint density at radius 1 is 1.23 bits per heavy atom. The number of H-pyrrole nitrogens is 1. The fraction of sp³-hybridized carbons (Fsp3) is 0.0769. The molecule has 0 aliphatic rings. The van der Waals surface area contributed by atoms with Gasteiger partial charge in [-0.15, -0.1) is 0 Å². The predicted octanol–water partition coefficient (Wildman–Crippen LogP) is 3.45. The monoisotopic (exact) mass is 423 g/mol. The summed E-state index contributed by atoms with van der Waals surface area (Å²) in [5, 5.41) is 4.04. The minimum absolute atomic E-state index is 0.0400. The van der Waals surface area contributed by atoms with Gasteiger partial charge in [0.1, 0.15) is 15.0 Å². The van der Waals surface area contributed by atoms with Gasteiger partial charge in [-0.3, -0.25) is 4.79 Å². The second-order valence-electron chi connectivity index (χ2n) is 4.49. The molecule has 0 atom stereocenters. The molecule has 1 aromatic carbocycles. The maximum atomic E-state index is 13.3. The molecule has 2 heterocycles. The maximum Gasteiger partial charge on any atom is 0.419 e. The lowest BCUT2D eigenvalue weighted by Crippen LogP contribution is -2.12. The van der Waals surface area contributed by atoms with Crippen LogP contribution in [0.15, 0.2) is 35.3 Å². The first-order valence-corrected chi connectivity index (χ1v) is 6.99. The van der Waals surface area contributed by atoms with Crippen molar-refractivity contribution in [2.75, 3.05) is 0 Å². The van der Waals surface area contributed by atoms with Crippen molar-refractivity contribution in [3.05, 3.63) is 55.9 Å². The van der Waals surface area contributed by atoms with E-state index in [1.807, 2.05) is 22.6 Å². The largest absolute Gasteiger partial charge is 0.419 e. The van der Waals surface area contributed by atoms with Crippen LogP contribution in [0.4, 0.5) is 17.6 Å². The SMILES string of the molecule is O=c1[nH]c(-c2ccc(F)c(C(F)(F)F)c2)cn2nc(I)cc12. The van der Waals surface area contributed by atoms with E-state index < -0.39 is 23.1 Å². The van der Waals surface area contributed by atoms with Crippen molar-refractivity contribution < 1.29 is 17.6 Å². The van der Waals surface area contributed by atoms with E-state index in [0.29, 0.717) is 15.8 Å². The van der Waals surface area contributed by atoms with Crippen molar-refractivity contribution in [1.82, 2.24) is 14.6 Å². The zero-order chi connectivity index (χ0) is 16.1. The minimum atomic E-state index is -4.81. The molecule has 0 aliphatic carbocycles. The molecule has 2 aromatic heterocycles. The number of hydrogen-bond donors (Lipinski definition) is 1. The molecule has 0 saturated heterocycles. The molecule has 9 heteroatoms. The smallest absolute Gasteiger partial charge is 0.319 e. The summed E-state index contributed by atoms with van der Waals surface area (Å²) >= 11 is 1.91. The number of benzene rings is 1. The number of hydrogen-bond acceptors (Lipinski definition) is 2. The topological polar surface area (TPSA) is 50.2 Å². The molecule has 0 bridgehead atoms. The molecule has 0 fully saturated rings. The summed E-state index contributed by atoms with van der Waals surface area (Å²) in [6.45, 7) is 0. The first-order valence-electron chi connectivity index (χ1n) is 5.91. The average molecular weight is 423 g/mol. The number of fused-ring (bicyclic) bond motifs is 1. The molecule has 0 spiro atoms. The third-order valence-corrected chi connectivity index (χ3v) is 3.55. The number of aromatic nitrogens is 3. The molecule has 3 rings (SSSR count). The van der Waals surface area contributed by atoms with E-state index in [9.17, 15) is 22.4 Å². The summed E-state index contributed by atoms with van der Waals surface area (Å²) < 4.78 is 53.4. The molecular formula is C13H6F4IN3O. The Balaban J connectivity index is 2.21. The number of aromatic amines is 1. The Morgan fingerprint density at radius 3 is 2.64 bits per heavy atom. The van der Waals surface area contributed by atoms with Gasteiger partial charge in [0.2, 0.25) is 0 Å². The standard InChI is InChI=1S/C13H6F4IN3O/c14-8-2-1-6(3-7(8)13(15,16)17)9-5-21-10(12(22)19-9)4-11(18)20-21/h1-5H,(H,19,22). The third kappa shape index (κ3) is 2.60.